The van der Waals surface area contributed by atoms with Crippen LogP contribution in [0.4, 0.5) is 0 Å². The zero-order valence-electron chi connectivity index (χ0n) is 44.6. The van der Waals surface area contributed by atoms with Crippen LogP contribution in [0.3, 0.4) is 0 Å². The molecule has 11 heteroatoms. The fourth-order valence-corrected chi connectivity index (χ4v) is 53.2. The van der Waals surface area contributed by atoms with Gasteiger partial charge in [-0.3, -0.25) is 0 Å². The van der Waals surface area contributed by atoms with E-state index in [1.807, 2.05) is 0 Å². The van der Waals surface area contributed by atoms with Gasteiger partial charge in [-0.2, -0.15) is 0 Å². The van der Waals surface area contributed by atoms with E-state index in [9.17, 15) is 11.1 Å². The lowest BCUT2D eigenvalue weighted by Gasteiger charge is -2.46. The fraction of sp³-hybridized carbons (Fsp3) is 0.625. The molecule has 0 amide bonds. The summed E-state index contributed by atoms with van der Waals surface area (Å²) in [4.78, 5) is 0. The molecule has 3 rings (SSSR count). The minimum absolute atomic E-state index is 1.53. The van der Waals surface area contributed by atoms with Crippen molar-refractivity contribution in [1.29, 1.82) is 0 Å². The van der Waals surface area contributed by atoms with Crippen molar-refractivity contribution in [3.8, 4) is 0 Å². The number of hydrogen-bond donors (Lipinski definition) is 0. The Balaban J connectivity index is 3.26. The molecule has 0 bridgehead atoms. The van der Waals surface area contributed by atoms with Crippen LogP contribution in [-0.2, 0) is 0 Å². The molecular formula is C48H93ClSi10. The van der Waals surface area contributed by atoms with Crippen LogP contribution in [0.1, 0.15) is 16.7 Å². The van der Waals surface area contributed by atoms with E-state index in [4.69, 9.17) is 0 Å². The SMILES string of the molecule is Cc1cc([Si](Cl)(c2cc(C)c([Si](C)(C)C)c([Si](C)(C)C)c2[Si](C)(C)C)c2cc(C)c([Si](C)(C)C)c([Si](C)(C)C)c2[Si](C)(C)C)c([Si](C)(C)C)c([Si](C)(C)C)c1[Si](C)(C)C. The zero-order valence-corrected chi connectivity index (χ0v) is 55.4. The fourth-order valence-electron chi connectivity index (χ4n) is 11.2. The Kier molecular flexibility index (Phi) is 14.7. The third-order valence-electron chi connectivity index (χ3n) is 12.4. The smallest absolute Gasteiger partial charge is 0.149 e. The first-order valence-corrected chi connectivity index (χ1v) is 57.4. The number of halogens is 1. The Morgan fingerprint density at radius 3 is 0.492 bits per heavy atom. The monoisotopic (exact) mass is 984 g/mol. The number of rotatable bonds is 12. The van der Waals surface area contributed by atoms with E-state index in [2.05, 4.69) is 216 Å². The van der Waals surface area contributed by atoms with Gasteiger partial charge >= 0.3 is 0 Å². The van der Waals surface area contributed by atoms with Crippen molar-refractivity contribution in [2.24, 2.45) is 0 Å². The van der Waals surface area contributed by atoms with Crippen molar-refractivity contribution >= 4 is 153 Å². The Morgan fingerprint density at radius 2 is 0.373 bits per heavy atom. The van der Waals surface area contributed by atoms with Crippen LogP contribution < -0.4 is 62.2 Å². The summed E-state index contributed by atoms with van der Waals surface area (Å²) in [6.45, 7) is 79.0. The average Bonchev–Trinajstić information content (AvgIpc) is 2.93. The maximum absolute atomic E-state index is 9.72. The van der Waals surface area contributed by atoms with Crippen molar-refractivity contribution in [3.63, 3.8) is 0 Å². The molecule has 0 aliphatic heterocycles. The van der Waals surface area contributed by atoms with Gasteiger partial charge in [0.25, 0.3) is 0 Å². The number of benzene rings is 3. The summed E-state index contributed by atoms with van der Waals surface area (Å²) in [6.07, 6.45) is 0. The summed E-state index contributed by atoms with van der Waals surface area (Å²) in [5, 5.41) is 20.7. The van der Waals surface area contributed by atoms with Gasteiger partial charge in [0.2, 0.25) is 7.38 Å². The lowest BCUT2D eigenvalue weighted by molar-refractivity contribution is 1.50. The predicted octanol–water partition coefficient (Wildman–Crippen LogP) is 8.72. The summed E-state index contributed by atoms with van der Waals surface area (Å²) < 4.78 is 0. The van der Waals surface area contributed by atoms with Crippen LogP contribution >= 0.6 is 11.1 Å². The molecular weight excluding hydrogens is 893 g/mol. The second-order valence-electron chi connectivity index (χ2n) is 28.0. The molecule has 0 radical (unpaired) electrons. The van der Waals surface area contributed by atoms with Crippen LogP contribution in [0.15, 0.2) is 18.2 Å². The summed E-state index contributed by atoms with van der Waals surface area (Å²) >= 11 is 9.72. The van der Waals surface area contributed by atoms with Crippen LogP contribution in [0.25, 0.3) is 0 Å². The van der Waals surface area contributed by atoms with E-state index in [0.29, 0.717) is 0 Å². The summed E-state index contributed by atoms with van der Waals surface area (Å²) in [5.41, 5.74) is 4.59. The van der Waals surface area contributed by atoms with Crippen LogP contribution in [0.5, 0.6) is 0 Å². The highest BCUT2D eigenvalue weighted by atomic mass is 35.6. The zero-order chi connectivity index (χ0) is 46.8. The predicted molar refractivity (Wildman–Crippen MR) is 311 cm³/mol. The topological polar surface area (TPSA) is 0 Å². The molecule has 0 aliphatic carbocycles. The van der Waals surface area contributed by atoms with Crippen molar-refractivity contribution in [1.82, 2.24) is 0 Å². The molecule has 0 unspecified atom stereocenters. The van der Waals surface area contributed by atoms with Gasteiger partial charge in [-0.25, -0.2) is 0 Å². The molecule has 0 spiro atoms. The van der Waals surface area contributed by atoms with E-state index < -0.39 is 80.0 Å². The maximum Gasteiger partial charge on any atom is 0.247 e. The minimum Gasteiger partial charge on any atom is -0.149 e. The average molecular weight is 987 g/mol. The van der Waals surface area contributed by atoms with E-state index >= 15 is 0 Å². The first kappa shape index (κ1) is 53.5. The van der Waals surface area contributed by atoms with Crippen molar-refractivity contribution in [3.05, 3.63) is 34.9 Å². The lowest BCUT2D eigenvalue weighted by atomic mass is 10.2. The summed E-state index contributed by atoms with van der Waals surface area (Å²) in [7, 11) is -20.2. The molecule has 0 saturated heterocycles. The molecule has 0 nitrogen and oxygen atoms in total. The third kappa shape index (κ3) is 10.5. The van der Waals surface area contributed by atoms with Gasteiger partial charge in [0.05, 0.1) is 72.7 Å². The third-order valence-corrected chi connectivity index (χ3v) is 38.4. The molecule has 332 valence electrons. The van der Waals surface area contributed by atoms with Gasteiger partial charge in [0.15, 0.2) is 0 Å². The van der Waals surface area contributed by atoms with Gasteiger partial charge in [0, 0.05) is 0 Å². The number of hydrogen-bond acceptors (Lipinski definition) is 0. The lowest BCUT2D eigenvalue weighted by Crippen LogP contribution is -2.85. The van der Waals surface area contributed by atoms with Crippen molar-refractivity contribution < 1.29 is 0 Å². The van der Waals surface area contributed by atoms with Gasteiger partial charge in [-0.1, -0.05) is 258 Å². The van der Waals surface area contributed by atoms with Gasteiger partial charge in [-0.15, -0.1) is 11.1 Å². The van der Waals surface area contributed by atoms with E-state index in [-0.39, 0.29) is 0 Å². The minimum atomic E-state index is -3.32. The Labute approximate surface area is 382 Å². The van der Waals surface area contributed by atoms with Crippen LogP contribution in [0, 0.1) is 20.8 Å². The largest absolute Gasteiger partial charge is 0.247 e. The van der Waals surface area contributed by atoms with E-state index in [1.165, 1.54) is 16.7 Å². The highest BCUT2D eigenvalue weighted by Crippen LogP contribution is 2.23. The second-order valence-corrected chi connectivity index (χ2v) is 77.6. The molecule has 0 saturated carbocycles. The molecule has 0 fully saturated rings. The van der Waals surface area contributed by atoms with Crippen molar-refractivity contribution in [2.75, 3.05) is 0 Å². The first-order valence-electron chi connectivity index (χ1n) is 22.9. The molecule has 3 aromatic rings. The Morgan fingerprint density at radius 1 is 0.237 bits per heavy atom. The van der Waals surface area contributed by atoms with Gasteiger partial charge < -0.3 is 0 Å². The standard InChI is InChI=1S/C48H93ClSi10/c1-34-31-37(43(53(13,14)15)46(56(22,23)24)40(34)50(4,5)6)59(49,38-32-35(2)41(51(7,8)9)47(57(25,26)27)44(38)54(16,17)18)39-33-36(3)42(52(10,11)12)48(58(28,29)30)45(39)55(19,20)21/h31-33H,1-30H3. The highest BCUT2D eigenvalue weighted by Gasteiger charge is 2.52. The van der Waals surface area contributed by atoms with Gasteiger partial charge in [-0.05, 0) is 36.3 Å². The molecule has 0 heterocycles. The molecule has 0 aliphatic rings. The normalized spacial score (nSPS) is 14.7. The second kappa shape index (κ2) is 16.2. The van der Waals surface area contributed by atoms with Crippen molar-refractivity contribution in [2.45, 2.75) is 198 Å². The number of aryl methyl sites for hydroxylation is 3. The van der Waals surface area contributed by atoms with Gasteiger partial charge in [0.1, 0.15) is 0 Å². The highest BCUT2D eigenvalue weighted by molar-refractivity contribution is 7.44. The molecule has 0 atom stereocenters. The van der Waals surface area contributed by atoms with E-state index in [0.717, 1.165) is 0 Å². The quantitative estimate of drug-likeness (QED) is 0.0969. The van der Waals surface area contributed by atoms with Crippen LogP contribution in [0.2, 0.25) is 177 Å². The Hall–Kier alpha value is 0.119. The molecule has 0 N–H and O–H groups in total. The first-order chi connectivity index (χ1) is 25.6. The Bertz CT molecular complexity index is 1860. The summed E-state index contributed by atoms with van der Waals surface area (Å²) in [6, 6.07) is 8.33. The molecule has 59 heavy (non-hydrogen) atoms. The maximum atomic E-state index is 9.72. The summed E-state index contributed by atoms with van der Waals surface area (Å²) in [5.74, 6) is 0. The molecule has 0 aromatic heterocycles. The molecule has 3 aromatic carbocycles. The van der Waals surface area contributed by atoms with Crippen LogP contribution in [-0.4, -0.2) is 80.0 Å². The van der Waals surface area contributed by atoms with E-state index in [1.54, 1.807) is 62.2 Å².